The number of nitrogens with zero attached hydrogens (tertiary/aromatic N) is 1. The number of likely N-dealkylation sites (N-methyl/N-ethyl adjacent to an activating group) is 1. The molecule has 0 N–H and O–H groups in total. The van der Waals surface area contributed by atoms with Gasteiger partial charge in [0.1, 0.15) is 0 Å². The van der Waals surface area contributed by atoms with Gasteiger partial charge in [0.05, 0.1) is 20.3 Å². The zero-order valence-corrected chi connectivity index (χ0v) is 14.7. The molecule has 3 aliphatic rings. The molecule has 1 aliphatic carbocycles. The Morgan fingerprint density at radius 3 is 2.46 bits per heavy atom. The molecule has 5 heteroatoms. The Balaban J connectivity index is 1.86. The van der Waals surface area contributed by atoms with Crippen molar-refractivity contribution in [1.29, 1.82) is 0 Å². The van der Waals surface area contributed by atoms with Gasteiger partial charge in [-0.2, -0.15) is 0 Å². The highest BCUT2D eigenvalue weighted by molar-refractivity contribution is 5.52. The molecule has 0 bridgehead atoms. The van der Waals surface area contributed by atoms with Gasteiger partial charge in [0, 0.05) is 31.2 Å². The molecule has 1 aromatic carbocycles. The lowest BCUT2D eigenvalue weighted by Gasteiger charge is -2.44. The molecular weight excluding hydrogens is 306 g/mol. The molecule has 130 valence electrons. The Kier molecular flexibility index (Phi) is 4.03. The van der Waals surface area contributed by atoms with Gasteiger partial charge in [-0.1, -0.05) is 11.6 Å². The number of hydrogen-bond acceptors (Lipinski definition) is 5. The van der Waals surface area contributed by atoms with E-state index in [1.54, 1.807) is 26.9 Å². The molecule has 2 heterocycles. The quantitative estimate of drug-likeness (QED) is 0.797. The second-order valence-corrected chi connectivity index (χ2v) is 6.79. The second kappa shape index (κ2) is 6.06. The van der Waals surface area contributed by atoms with Gasteiger partial charge in [-0.05, 0) is 37.6 Å². The maximum atomic E-state index is 6.31. The minimum atomic E-state index is -0.359. The molecule has 1 aromatic rings. The topological polar surface area (TPSA) is 40.2 Å². The van der Waals surface area contributed by atoms with Crippen LogP contribution in [-0.4, -0.2) is 52.0 Å². The minimum absolute atomic E-state index is 0.134. The summed E-state index contributed by atoms with van der Waals surface area (Å²) < 4.78 is 23.0. The maximum Gasteiger partial charge on any atom is 0.184 e. The van der Waals surface area contributed by atoms with Crippen molar-refractivity contribution in [2.45, 2.75) is 37.2 Å². The summed E-state index contributed by atoms with van der Waals surface area (Å²) in [4.78, 5) is 2.44. The minimum Gasteiger partial charge on any atom is -0.493 e. The van der Waals surface area contributed by atoms with Crippen LogP contribution in [0.3, 0.4) is 0 Å². The monoisotopic (exact) mass is 331 g/mol. The third-order valence-electron chi connectivity index (χ3n) is 5.68. The van der Waals surface area contributed by atoms with Crippen LogP contribution in [0.4, 0.5) is 0 Å². The summed E-state index contributed by atoms with van der Waals surface area (Å²) in [6.45, 7) is 1.11. The summed E-state index contributed by atoms with van der Waals surface area (Å²) in [5.74, 6) is 1.79. The van der Waals surface area contributed by atoms with Crippen LogP contribution < -0.4 is 9.47 Å². The molecular formula is C19H25NO4. The van der Waals surface area contributed by atoms with Crippen molar-refractivity contribution in [3.8, 4) is 11.5 Å². The fourth-order valence-electron chi connectivity index (χ4n) is 4.55. The summed E-state index contributed by atoms with van der Waals surface area (Å²) in [5, 5.41) is 0. The summed E-state index contributed by atoms with van der Waals surface area (Å²) in [7, 11) is 7.24. The van der Waals surface area contributed by atoms with E-state index >= 15 is 0 Å². The zero-order valence-electron chi connectivity index (χ0n) is 14.7. The first-order valence-corrected chi connectivity index (χ1v) is 8.51. The average molecular weight is 331 g/mol. The largest absolute Gasteiger partial charge is 0.493 e. The number of rotatable bonds is 3. The van der Waals surface area contributed by atoms with Gasteiger partial charge < -0.3 is 18.9 Å². The van der Waals surface area contributed by atoms with Crippen LogP contribution in [-0.2, 0) is 9.47 Å². The smallest absolute Gasteiger partial charge is 0.184 e. The van der Waals surface area contributed by atoms with E-state index in [-0.39, 0.29) is 12.4 Å². The molecule has 0 unspecified atom stereocenters. The molecule has 2 aliphatic heterocycles. The Bertz CT molecular complexity index is 672. The highest BCUT2D eigenvalue weighted by Crippen LogP contribution is 2.50. The molecule has 1 fully saturated rings. The van der Waals surface area contributed by atoms with Gasteiger partial charge in [0.25, 0.3) is 0 Å². The van der Waals surface area contributed by atoms with Crippen molar-refractivity contribution < 1.29 is 18.9 Å². The van der Waals surface area contributed by atoms with E-state index in [1.165, 1.54) is 5.56 Å². The highest BCUT2D eigenvalue weighted by atomic mass is 16.7. The normalized spacial score (nSPS) is 31.8. The van der Waals surface area contributed by atoms with Crippen molar-refractivity contribution in [2.75, 3.05) is 34.9 Å². The summed E-state index contributed by atoms with van der Waals surface area (Å²) in [6.07, 6.45) is 4.24. The van der Waals surface area contributed by atoms with E-state index in [2.05, 4.69) is 24.1 Å². The van der Waals surface area contributed by atoms with Crippen molar-refractivity contribution >= 4 is 0 Å². The SMILES string of the molecule is COc1cc2c(cc1OC)[C@H]1[C@H]3C(=CC[C@H]1O[C@@H]2OC)CCN3C. The number of hydrogen-bond donors (Lipinski definition) is 0. The van der Waals surface area contributed by atoms with Gasteiger partial charge in [0.15, 0.2) is 17.8 Å². The first kappa shape index (κ1) is 15.9. The standard InChI is InChI=1S/C19H25NO4/c1-20-8-7-11-5-6-14-17(18(11)20)12-9-15(21-2)16(22-3)10-13(12)19(23-4)24-14/h5,9-10,14,17-19H,6-8H2,1-4H3/t14-,17-,18-,19+/m1/s1. The maximum absolute atomic E-state index is 6.31. The van der Waals surface area contributed by atoms with E-state index < -0.39 is 0 Å². The lowest BCUT2D eigenvalue weighted by atomic mass is 9.74. The average Bonchev–Trinajstić information content (AvgIpc) is 3.00. The predicted molar refractivity (Wildman–Crippen MR) is 90.6 cm³/mol. The first-order valence-electron chi connectivity index (χ1n) is 8.51. The number of likely N-dealkylation sites (tertiary alicyclic amines) is 1. The third-order valence-corrected chi connectivity index (χ3v) is 5.68. The zero-order chi connectivity index (χ0) is 16.8. The van der Waals surface area contributed by atoms with Crippen molar-refractivity contribution in [3.05, 3.63) is 34.9 Å². The van der Waals surface area contributed by atoms with E-state index in [9.17, 15) is 0 Å². The van der Waals surface area contributed by atoms with E-state index in [1.807, 2.05) is 6.07 Å². The van der Waals surface area contributed by atoms with Gasteiger partial charge in [-0.15, -0.1) is 0 Å². The van der Waals surface area contributed by atoms with Gasteiger partial charge in [0.2, 0.25) is 0 Å². The molecule has 4 atom stereocenters. The van der Waals surface area contributed by atoms with E-state index in [0.717, 1.165) is 30.7 Å². The molecule has 24 heavy (non-hydrogen) atoms. The van der Waals surface area contributed by atoms with Crippen molar-refractivity contribution in [3.63, 3.8) is 0 Å². The molecule has 0 saturated carbocycles. The molecule has 0 amide bonds. The summed E-state index contributed by atoms with van der Waals surface area (Å²) in [6, 6.07) is 4.53. The summed E-state index contributed by atoms with van der Waals surface area (Å²) >= 11 is 0. The van der Waals surface area contributed by atoms with Crippen LogP contribution in [0.1, 0.15) is 36.2 Å². The molecule has 0 spiro atoms. The van der Waals surface area contributed by atoms with Gasteiger partial charge in [-0.25, -0.2) is 0 Å². The van der Waals surface area contributed by atoms with Crippen LogP contribution in [0.15, 0.2) is 23.8 Å². The number of fused-ring (bicyclic) bond motifs is 5. The Hall–Kier alpha value is -1.56. The molecule has 0 radical (unpaired) electrons. The van der Waals surface area contributed by atoms with E-state index in [0.29, 0.717) is 17.7 Å². The lowest BCUT2D eigenvalue weighted by molar-refractivity contribution is -0.179. The Morgan fingerprint density at radius 1 is 1.08 bits per heavy atom. The fourth-order valence-corrected chi connectivity index (χ4v) is 4.55. The Labute approximate surface area is 143 Å². The molecule has 5 nitrogen and oxygen atoms in total. The Morgan fingerprint density at radius 2 is 1.79 bits per heavy atom. The molecule has 1 saturated heterocycles. The van der Waals surface area contributed by atoms with Crippen LogP contribution >= 0.6 is 0 Å². The van der Waals surface area contributed by atoms with Crippen LogP contribution in [0, 0.1) is 0 Å². The van der Waals surface area contributed by atoms with Gasteiger partial charge >= 0.3 is 0 Å². The van der Waals surface area contributed by atoms with Crippen LogP contribution in [0.25, 0.3) is 0 Å². The number of benzene rings is 1. The van der Waals surface area contributed by atoms with E-state index in [4.69, 9.17) is 18.9 Å². The lowest BCUT2D eigenvalue weighted by Crippen LogP contribution is -2.45. The van der Waals surface area contributed by atoms with Crippen LogP contribution in [0.5, 0.6) is 11.5 Å². The first-order chi connectivity index (χ1) is 11.7. The van der Waals surface area contributed by atoms with Crippen LogP contribution in [0.2, 0.25) is 0 Å². The van der Waals surface area contributed by atoms with Gasteiger partial charge in [-0.3, -0.25) is 4.90 Å². The highest BCUT2D eigenvalue weighted by Gasteiger charge is 2.47. The molecule has 4 rings (SSSR count). The number of ether oxygens (including phenoxy) is 4. The second-order valence-electron chi connectivity index (χ2n) is 6.79. The number of methoxy groups -OCH3 is 3. The van der Waals surface area contributed by atoms with Crippen molar-refractivity contribution in [1.82, 2.24) is 4.90 Å². The summed E-state index contributed by atoms with van der Waals surface area (Å²) in [5.41, 5.74) is 3.86. The van der Waals surface area contributed by atoms with Crippen molar-refractivity contribution in [2.24, 2.45) is 0 Å². The predicted octanol–water partition coefficient (Wildman–Crippen LogP) is 2.87. The fraction of sp³-hybridized carbons (Fsp3) is 0.579. The third kappa shape index (κ3) is 2.26. The molecule has 0 aromatic heterocycles.